The van der Waals surface area contributed by atoms with Gasteiger partial charge in [0.1, 0.15) is 11.5 Å². The number of fused-ring (bicyclic) bond motifs is 1. The van der Waals surface area contributed by atoms with E-state index in [2.05, 4.69) is 10.6 Å². The Balaban J connectivity index is 1.48. The summed E-state index contributed by atoms with van der Waals surface area (Å²) >= 11 is 0. The SMILES string of the molecule is CC(Cc1ccco1)NC(=O)COc1ccc2c(c1)CCC(=O)N2. The third-order valence-corrected chi connectivity index (χ3v) is 3.84. The number of anilines is 1. The zero-order valence-electron chi connectivity index (χ0n) is 13.5. The largest absolute Gasteiger partial charge is 0.484 e. The Morgan fingerprint density at radius 3 is 3.04 bits per heavy atom. The number of hydrogen-bond acceptors (Lipinski definition) is 4. The first-order valence-corrected chi connectivity index (χ1v) is 7.97. The van der Waals surface area contributed by atoms with Gasteiger partial charge < -0.3 is 19.8 Å². The highest BCUT2D eigenvalue weighted by Gasteiger charge is 2.15. The maximum absolute atomic E-state index is 12.0. The minimum absolute atomic E-state index is 0.0288. The molecule has 0 aliphatic carbocycles. The first-order valence-electron chi connectivity index (χ1n) is 7.97. The van der Waals surface area contributed by atoms with Crippen molar-refractivity contribution in [3.05, 3.63) is 47.9 Å². The van der Waals surface area contributed by atoms with Crippen molar-refractivity contribution in [3.63, 3.8) is 0 Å². The smallest absolute Gasteiger partial charge is 0.258 e. The van der Waals surface area contributed by atoms with Gasteiger partial charge in [-0.15, -0.1) is 0 Å². The average molecular weight is 328 g/mol. The third-order valence-electron chi connectivity index (χ3n) is 3.84. The van der Waals surface area contributed by atoms with Gasteiger partial charge in [0.15, 0.2) is 6.61 Å². The van der Waals surface area contributed by atoms with E-state index >= 15 is 0 Å². The van der Waals surface area contributed by atoms with E-state index in [-0.39, 0.29) is 24.5 Å². The molecule has 2 amide bonds. The standard InChI is InChI=1S/C18H20N2O4/c1-12(9-14-3-2-8-23-14)19-18(22)11-24-15-5-6-16-13(10-15)4-7-17(21)20-16/h2-3,5-6,8,10,12H,4,7,9,11H2,1H3,(H,19,22)(H,20,21). The fourth-order valence-corrected chi connectivity index (χ4v) is 2.70. The molecule has 3 rings (SSSR count). The lowest BCUT2D eigenvalue weighted by atomic mass is 10.0. The molecule has 0 radical (unpaired) electrons. The van der Waals surface area contributed by atoms with Crippen LogP contribution >= 0.6 is 0 Å². The molecule has 0 saturated carbocycles. The Hall–Kier alpha value is -2.76. The summed E-state index contributed by atoms with van der Waals surface area (Å²) in [7, 11) is 0. The van der Waals surface area contributed by atoms with Gasteiger partial charge in [0, 0.05) is 24.6 Å². The van der Waals surface area contributed by atoms with Gasteiger partial charge in [0.2, 0.25) is 5.91 Å². The number of carbonyl (C=O) groups is 2. The summed E-state index contributed by atoms with van der Waals surface area (Å²) < 4.78 is 10.8. The van der Waals surface area contributed by atoms with E-state index in [1.54, 1.807) is 18.4 Å². The first-order chi connectivity index (χ1) is 11.6. The molecule has 24 heavy (non-hydrogen) atoms. The lowest BCUT2D eigenvalue weighted by Crippen LogP contribution is -2.37. The molecular weight excluding hydrogens is 308 g/mol. The second-order valence-corrected chi connectivity index (χ2v) is 5.91. The Morgan fingerprint density at radius 1 is 1.38 bits per heavy atom. The van der Waals surface area contributed by atoms with Gasteiger partial charge in [-0.1, -0.05) is 0 Å². The zero-order chi connectivity index (χ0) is 16.9. The van der Waals surface area contributed by atoms with Crippen LogP contribution < -0.4 is 15.4 Å². The molecule has 0 spiro atoms. The molecule has 6 heteroatoms. The normalized spacial score (nSPS) is 14.5. The summed E-state index contributed by atoms with van der Waals surface area (Å²) in [5.41, 5.74) is 1.84. The highest BCUT2D eigenvalue weighted by atomic mass is 16.5. The number of hydrogen-bond donors (Lipinski definition) is 2. The van der Waals surface area contributed by atoms with E-state index in [4.69, 9.17) is 9.15 Å². The summed E-state index contributed by atoms with van der Waals surface area (Å²) in [5, 5.41) is 5.69. The van der Waals surface area contributed by atoms with Crippen molar-refractivity contribution in [3.8, 4) is 5.75 Å². The molecule has 1 aromatic heterocycles. The number of carbonyl (C=O) groups excluding carboxylic acids is 2. The molecule has 2 aromatic rings. The van der Waals surface area contributed by atoms with Crippen molar-refractivity contribution in [1.82, 2.24) is 5.32 Å². The van der Waals surface area contributed by atoms with Crippen LogP contribution in [0.2, 0.25) is 0 Å². The molecule has 2 N–H and O–H groups in total. The van der Waals surface area contributed by atoms with Crippen molar-refractivity contribution < 1.29 is 18.7 Å². The fraction of sp³-hybridized carbons (Fsp3) is 0.333. The number of rotatable bonds is 6. The van der Waals surface area contributed by atoms with Crippen molar-refractivity contribution in [2.45, 2.75) is 32.2 Å². The van der Waals surface area contributed by atoms with E-state index < -0.39 is 0 Å². The van der Waals surface area contributed by atoms with Crippen molar-refractivity contribution >= 4 is 17.5 Å². The predicted octanol–water partition coefficient (Wildman–Crippen LogP) is 2.29. The van der Waals surface area contributed by atoms with Crippen LogP contribution in [-0.4, -0.2) is 24.5 Å². The van der Waals surface area contributed by atoms with Crippen molar-refractivity contribution in [2.24, 2.45) is 0 Å². The Labute approximate surface area is 140 Å². The van der Waals surface area contributed by atoms with Gasteiger partial charge in [0.05, 0.1) is 6.26 Å². The van der Waals surface area contributed by atoms with Crippen LogP contribution in [0.4, 0.5) is 5.69 Å². The van der Waals surface area contributed by atoms with Gasteiger partial charge >= 0.3 is 0 Å². The van der Waals surface area contributed by atoms with Crippen LogP contribution in [0.25, 0.3) is 0 Å². The Kier molecular flexibility index (Phi) is 4.84. The second kappa shape index (κ2) is 7.21. The third kappa shape index (κ3) is 4.16. The first kappa shape index (κ1) is 16.1. The van der Waals surface area contributed by atoms with Gasteiger partial charge in [-0.25, -0.2) is 0 Å². The van der Waals surface area contributed by atoms with Crippen LogP contribution in [0.15, 0.2) is 41.0 Å². The topological polar surface area (TPSA) is 80.6 Å². The number of furan rings is 1. The maximum Gasteiger partial charge on any atom is 0.258 e. The van der Waals surface area contributed by atoms with Crippen LogP contribution in [0.1, 0.15) is 24.7 Å². The van der Waals surface area contributed by atoms with Gasteiger partial charge in [-0.3, -0.25) is 9.59 Å². The van der Waals surface area contributed by atoms with Crippen molar-refractivity contribution in [1.29, 1.82) is 0 Å². The van der Waals surface area contributed by atoms with Gasteiger partial charge in [-0.05, 0) is 49.2 Å². The molecule has 0 bridgehead atoms. The Morgan fingerprint density at radius 2 is 2.25 bits per heavy atom. The van der Waals surface area contributed by atoms with Crippen LogP contribution in [0.5, 0.6) is 5.75 Å². The molecule has 6 nitrogen and oxygen atoms in total. The van der Waals surface area contributed by atoms with Crippen LogP contribution in [0.3, 0.4) is 0 Å². The van der Waals surface area contributed by atoms with E-state index in [0.717, 1.165) is 17.0 Å². The van der Waals surface area contributed by atoms with Gasteiger partial charge in [0.25, 0.3) is 5.91 Å². The molecule has 1 aliphatic rings. The molecule has 1 unspecified atom stereocenters. The molecular formula is C18H20N2O4. The van der Waals surface area contributed by atoms with Crippen LogP contribution in [0, 0.1) is 0 Å². The zero-order valence-corrected chi connectivity index (χ0v) is 13.5. The highest BCUT2D eigenvalue weighted by molar-refractivity contribution is 5.94. The summed E-state index contributed by atoms with van der Waals surface area (Å²) in [5.74, 6) is 1.31. The molecule has 2 heterocycles. The number of amides is 2. The quantitative estimate of drug-likeness (QED) is 0.852. The molecule has 1 aliphatic heterocycles. The molecule has 126 valence electrons. The summed E-state index contributed by atoms with van der Waals surface area (Å²) in [6.07, 6.45) is 3.41. The fourth-order valence-electron chi connectivity index (χ4n) is 2.70. The predicted molar refractivity (Wildman–Crippen MR) is 88.9 cm³/mol. The number of ether oxygens (including phenoxy) is 1. The van der Waals surface area contributed by atoms with E-state index in [1.165, 1.54) is 0 Å². The number of aryl methyl sites for hydroxylation is 1. The lowest BCUT2D eigenvalue weighted by Gasteiger charge is -2.18. The summed E-state index contributed by atoms with van der Waals surface area (Å²) in [6.45, 7) is 1.87. The Bertz CT molecular complexity index is 725. The van der Waals surface area contributed by atoms with E-state index in [1.807, 2.05) is 25.1 Å². The molecule has 1 atom stereocenters. The lowest BCUT2D eigenvalue weighted by molar-refractivity contribution is -0.123. The molecule has 0 saturated heterocycles. The summed E-state index contributed by atoms with van der Waals surface area (Å²) in [6, 6.07) is 9.10. The molecule has 1 aromatic carbocycles. The van der Waals surface area contributed by atoms with Crippen molar-refractivity contribution in [2.75, 3.05) is 11.9 Å². The summed E-state index contributed by atoms with van der Waals surface area (Å²) in [4.78, 5) is 23.3. The highest BCUT2D eigenvalue weighted by Crippen LogP contribution is 2.26. The average Bonchev–Trinajstić information content (AvgIpc) is 3.05. The van der Waals surface area contributed by atoms with Crippen LogP contribution in [-0.2, 0) is 22.4 Å². The molecule has 0 fully saturated rings. The number of benzene rings is 1. The van der Waals surface area contributed by atoms with E-state index in [0.29, 0.717) is 25.0 Å². The monoisotopic (exact) mass is 328 g/mol. The minimum atomic E-state index is -0.180. The maximum atomic E-state index is 12.0. The van der Waals surface area contributed by atoms with E-state index in [9.17, 15) is 9.59 Å². The second-order valence-electron chi connectivity index (χ2n) is 5.91. The van der Waals surface area contributed by atoms with Gasteiger partial charge in [-0.2, -0.15) is 0 Å². The minimum Gasteiger partial charge on any atom is -0.484 e. The number of nitrogens with one attached hydrogen (secondary N) is 2.